The summed E-state index contributed by atoms with van der Waals surface area (Å²) in [5.74, 6) is 0.805. The number of para-hydroxylation sites is 2. The lowest BCUT2D eigenvalue weighted by atomic mass is 9.91. The molecule has 3 aromatic rings. The smallest absolute Gasteiger partial charge is 0.290 e. The van der Waals surface area contributed by atoms with Crippen LogP contribution in [0.5, 0.6) is 0 Å². The Hall–Kier alpha value is -3.54. The summed E-state index contributed by atoms with van der Waals surface area (Å²) in [5.41, 5.74) is 5.84. The van der Waals surface area contributed by atoms with Gasteiger partial charge in [0.15, 0.2) is 0 Å². The Morgan fingerprint density at radius 2 is 0.905 bits per heavy atom. The van der Waals surface area contributed by atoms with Crippen LogP contribution in [0, 0.1) is 12.1 Å². The van der Waals surface area contributed by atoms with E-state index < -0.39 is 11.7 Å². The van der Waals surface area contributed by atoms with E-state index in [-0.39, 0.29) is 35.1 Å². The summed E-state index contributed by atoms with van der Waals surface area (Å²) in [5, 5.41) is 0. The zero-order valence-corrected chi connectivity index (χ0v) is 26.8. The minimum atomic E-state index is -4.55. The molecular weight excluding hydrogens is 531 g/mol. The molecule has 3 nitrogen and oxygen atoms in total. The van der Waals surface area contributed by atoms with Crippen LogP contribution >= 0.6 is 0 Å². The first-order valence-corrected chi connectivity index (χ1v) is 14.7. The number of halogens is 3. The molecule has 3 rings (SSSR count). The summed E-state index contributed by atoms with van der Waals surface area (Å²) in [6.07, 6.45) is -4.55. The van der Waals surface area contributed by atoms with E-state index in [2.05, 4.69) is 93.1 Å². The second-order valence-electron chi connectivity index (χ2n) is 12.3. The molecule has 0 unspecified atom stereocenters. The molecule has 0 aliphatic carbocycles. The van der Waals surface area contributed by atoms with Crippen LogP contribution in [0.4, 0.5) is 24.5 Å². The highest BCUT2D eigenvalue weighted by molar-refractivity contribution is 5.55. The van der Waals surface area contributed by atoms with E-state index in [0.29, 0.717) is 12.1 Å². The molecule has 0 radical (unpaired) electrons. The Bertz CT molecular complexity index is 1300. The highest BCUT2D eigenvalue weighted by Crippen LogP contribution is 2.40. The van der Waals surface area contributed by atoms with Crippen molar-refractivity contribution < 1.29 is 22.3 Å². The van der Waals surface area contributed by atoms with Crippen LogP contribution in [0.15, 0.2) is 48.5 Å². The molecule has 0 amide bonds. The first kappa shape index (κ1) is 33.0. The van der Waals surface area contributed by atoms with Crippen LogP contribution < -0.4 is 0 Å². The van der Waals surface area contributed by atoms with Crippen molar-refractivity contribution in [2.24, 2.45) is 0 Å². The van der Waals surface area contributed by atoms with Gasteiger partial charge in [-0.1, -0.05) is 104 Å². The van der Waals surface area contributed by atoms with E-state index in [1.165, 1.54) is 0 Å². The lowest BCUT2D eigenvalue weighted by molar-refractivity contribution is -0.410. The fraction of sp³-hybridized carbons (Fsp3) is 0.417. The first-order valence-electron chi connectivity index (χ1n) is 14.7. The molecule has 1 aromatic heterocycles. The van der Waals surface area contributed by atoms with Gasteiger partial charge in [0.25, 0.3) is 0 Å². The lowest BCUT2D eigenvalue weighted by Gasteiger charge is -2.27. The number of benzene rings is 2. The lowest BCUT2D eigenvalue weighted by Crippen LogP contribution is -2.21. The van der Waals surface area contributed by atoms with Crippen molar-refractivity contribution in [2.45, 2.75) is 99.1 Å². The van der Waals surface area contributed by atoms with E-state index in [1.54, 1.807) is 23.0 Å². The average Bonchev–Trinajstić information content (AvgIpc) is 2.93. The van der Waals surface area contributed by atoms with Gasteiger partial charge in [0.1, 0.15) is 23.5 Å². The van der Waals surface area contributed by atoms with E-state index in [0.717, 1.165) is 45.8 Å². The Morgan fingerprint density at radius 3 is 1.14 bits per heavy atom. The molecule has 0 fully saturated rings. The minimum absolute atomic E-state index is 0.201. The quantitative estimate of drug-likeness (QED) is 0.133. The van der Waals surface area contributed by atoms with Gasteiger partial charge in [0.05, 0.1) is 13.4 Å². The average molecular weight is 578 g/mol. The third kappa shape index (κ3) is 6.74. The molecule has 0 saturated heterocycles. The normalized spacial score (nSPS) is 12.0. The summed E-state index contributed by atoms with van der Waals surface area (Å²) in [6, 6.07) is 15.6. The van der Waals surface area contributed by atoms with Crippen LogP contribution in [0.25, 0.3) is 0 Å². The maximum atomic E-state index is 14.3. The Morgan fingerprint density at radius 1 is 0.619 bits per heavy atom. The molecule has 0 bridgehead atoms. The third-order valence-corrected chi connectivity index (χ3v) is 7.93. The largest absolute Gasteiger partial charge is 0.400 e. The molecule has 0 aliphatic rings. The summed E-state index contributed by atoms with van der Waals surface area (Å²) in [4.78, 5) is 4.80. The van der Waals surface area contributed by atoms with Gasteiger partial charge in [-0.15, -0.1) is 0 Å². The SMILES string of the molecule is C=[N+](c1c(C(C)C)cccc1C(C)C)[C-](C)c1cc(C(F)(F)F)cc([C-](C)[N+](=C)c2c(C(C)C)cccc2C(C)C)n1. The van der Waals surface area contributed by atoms with Gasteiger partial charge in [-0.25, -0.2) is 0 Å². The van der Waals surface area contributed by atoms with Gasteiger partial charge in [0.2, 0.25) is 0 Å². The van der Waals surface area contributed by atoms with Crippen molar-refractivity contribution in [1.82, 2.24) is 4.98 Å². The second kappa shape index (κ2) is 12.8. The standard InChI is InChI=1S/C36H46F3N3/c1-21(2)28-15-13-16-29(22(3)4)34(28)41(11)25(9)32-19-27(36(37,38)39)20-33(40-32)26(10)42(12)35-30(23(5)6)17-14-18-31(35)24(7)8/h13-24H,11-12H2,1-10H3. The monoisotopic (exact) mass is 577 g/mol. The summed E-state index contributed by atoms with van der Waals surface area (Å²) in [7, 11) is 0. The van der Waals surface area contributed by atoms with Gasteiger partial charge in [-0.2, -0.15) is 13.2 Å². The zero-order chi connectivity index (χ0) is 31.7. The van der Waals surface area contributed by atoms with Crippen LogP contribution in [0.2, 0.25) is 0 Å². The predicted molar refractivity (Wildman–Crippen MR) is 169 cm³/mol. The number of hydrogen-bond acceptors (Lipinski definition) is 1. The number of alkyl halides is 3. The van der Waals surface area contributed by atoms with E-state index in [1.807, 2.05) is 12.1 Å². The van der Waals surface area contributed by atoms with Crippen molar-refractivity contribution in [3.8, 4) is 0 Å². The van der Waals surface area contributed by atoms with E-state index >= 15 is 0 Å². The molecule has 226 valence electrons. The fourth-order valence-corrected chi connectivity index (χ4v) is 5.32. The summed E-state index contributed by atoms with van der Waals surface area (Å²) >= 11 is 0. The highest BCUT2D eigenvalue weighted by Gasteiger charge is 2.32. The molecule has 0 N–H and O–H groups in total. The number of nitrogens with zero attached hydrogens (tertiary/aromatic N) is 3. The molecule has 0 atom stereocenters. The summed E-state index contributed by atoms with van der Waals surface area (Å²) in [6.45, 7) is 29.1. The van der Waals surface area contributed by atoms with Crippen molar-refractivity contribution in [2.75, 3.05) is 0 Å². The molecule has 2 aromatic carbocycles. The summed E-state index contributed by atoms with van der Waals surface area (Å²) < 4.78 is 46.4. The van der Waals surface area contributed by atoms with E-state index in [4.69, 9.17) is 4.98 Å². The minimum Gasteiger partial charge on any atom is -0.290 e. The Kier molecular flexibility index (Phi) is 10.0. The second-order valence-corrected chi connectivity index (χ2v) is 12.3. The van der Waals surface area contributed by atoms with Crippen LogP contribution in [-0.2, 0) is 6.18 Å². The van der Waals surface area contributed by atoms with Crippen molar-refractivity contribution in [3.63, 3.8) is 0 Å². The number of hydrogen-bond donors (Lipinski definition) is 0. The van der Waals surface area contributed by atoms with Crippen LogP contribution in [0.1, 0.15) is 132 Å². The van der Waals surface area contributed by atoms with Gasteiger partial charge < -0.3 is 0 Å². The molecule has 0 saturated carbocycles. The third-order valence-electron chi connectivity index (χ3n) is 7.93. The van der Waals surface area contributed by atoms with Gasteiger partial charge in [0, 0.05) is 11.4 Å². The molecule has 1 heterocycles. The van der Waals surface area contributed by atoms with E-state index in [9.17, 15) is 13.2 Å². The van der Waals surface area contributed by atoms with Gasteiger partial charge >= 0.3 is 6.18 Å². The van der Waals surface area contributed by atoms with Crippen molar-refractivity contribution in [3.05, 3.63) is 99.8 Å². The number of pyridine rings is 1. The fourth-order valence-electron chi connectivity index (χ4n) is 5.32. The Balaban J connectivity index is 2.19. The molecule has 0 spiro atoms. The van der Waals surface area contributed by atoms with Crippen LogP contribution in [0.3, 0.4) is 0 Å². The molecule has 6 heteroatoms. The van der Waals surface area contributed by atoms with Crippen molar-refractivity contribution >= 4 is 24.8 Å². The maximum Gasteiger partial charge on any atom is 0.400 e. The molecule has 42 heavy (non-hydrogen) atoms. The Labute approximate surface area is 250 Å². The first-order chi connectivity index (χ1) is 19.5. The number of rotatable bonds is 10. The molecular formula is C36H46F3N3. The van der Waals surface area contributed by atoms with Gasteiger partial charge in [-0.3, -0.25) is 14.1 Å². The number of aromatic nitrogens is 1. The maximum absolute atomic E-state index is 14.3. The van der Waals surface area contributed by atoms with Crippen molar-refractivity contribution in [1.29, 1.82) is 0 Å². The van der Waals surface area contributed by atoms with Crippen LogP contribution in [-0.4, -0.2) is 27.6 Å². The zero-order valence-electron chi connectivity index (χ0n) is 26.8. The predicted octanol–water partition coefficient (Wildman–Crippen LogP) is 10.5. The highest BCUT2D eigenvalue weighted by atomic mass is 19.4. The molecule has 0 aliphatic heterocycles. The van der Waals surface area contributed by atoms with Gasteiger partial charge in [-0.05, 0) is 65.3 Å². The topological polar surface area (TPSA) is 18.9 Å².